The lowest BCUT2D eigenvalue weighted by Gasteiger charge is -2.09. The fourth-order valence-corrected chi connectivity index (χ4v) is 4.10. The SMILES string of the molecule is COc1ccc2c(c1)c(C(=O)c1ccn(-c3ccncn3)n1)c(C)n2Cc1ccc(Cl)cc1. The molecule has 0 radical (unpaired) electrons. The van der Waals surface area contributed by atoms with E-state index in [1.54, 1.807) is 36.3 Å². The molecule has 0 spiro atoms. The largest absolute Gasteiger partial charge is 0.497 e. The summed E-state index contributed by atoms with van der Waals surface area (Å²) < 4.78 is 9.13. The fourth-order valence-electron chi connectivity index (χ4n) is 3.97. The van der Waals surface area contributed by atoms with E-state index in [1.165, 1.54) is 6.33 Å². The normalized spacial score (nSPS) is 11.1. The molecule has 8 heteroatoms. The number of hydrogen-bond donors (Lipinski definition) is 0. The maximum Gasteiger partial charge on any atom is 0.215 e. The summed E-state index contributed by atoms with van der Waals surface area (Å²) >= 11 is 6.05. The molecular weight excluding hydrogens is 438 g/mol. The molecule has 0 N–H and O–H groups in total. The standard InChI is InChI=1S/C25H20ClN5O2/c1-16-24(25(32)21-10-12-31(29-21)23-9-11-27-15-28-23)20-13-19(33-2)7-8-22(20)30(16)14-17-3-5-18(26)6-4-17/h3-13,15H,14H2,1-2H3. The molecule has 164 valence electrons. The molecule has 0 aliphatic rings. The van der Waals surface area contributed by atoms with Crippen LogP contribution in [0, 0.1) is 6.92 Å². The van der Waals surface area contributed by atoms with E-state index < -0.39 is 0 Å². The summed E-state index contributed by atoms with van der Waals surface area (Å²) in [7, 11) is 1.61. The maximum atomic E-state index is 13.7. The molecule has 3 aromatic heterocycles. The second kappa shape index (κ2) is 8.52. The number of methoxy groups -OCH3 is 1. The highest BCUT2D eigenvalue weighted by Gasteiger charge is 2.23. The summed E-state index contributed by atoms with van der Waals surface area (Å²) in [5, 5.41) is 5.98. The number of ether oxygens (including phenoxy) is 1. The van der Waals surface area contributed by atoms with Gasteiger partial charge in [-0.1, -0.05) is 23.7 Å². The summed E-state index contributed by atoms with van der Waals surface area (Å²) in [5.41, 5.74) is 3.83. The van der Waals surface area contributed by atoms with Crippen LogP contribution in [0.2, 0.25) is 5.02 Å². The number of nitrogens with zero attached hydrogens (tertiary/aromatic N) is 5. The first-order valence-electron chi connectivity index (χ1n) is 10.3. The van der Waals surface area contributed by atoms with E-state index in [2.05, 4.69) is 19.6 Å². The van der Waals surface area contributed by atoms with Crippen LogP contribution < -0.4 is 4.74 Å². The van der Waals surface area contributed by atoms with E-state index in [0.717, 1.165) is 22.2 Å². The van der Waals surface area contributed by atoms with E-state index in [-0.39, 0.29) is 5.78 Å². The Balaban J connectivity index is 1.61. The molecule has 0 amide bonds. The predicted molar refractivity (Wildman–Crippen MR) is 126 cm³/mol. The number of carbonyl (C=O) groups excluding carboxylic acids is 1. The highest BCUT2D eigenvalue weighted by molar-refractivity contribution is 6.30. The van der Waals surface area contributed by atoms with E-state index in [9.17, 15) is 4.79 Å². The molecule has 0 atom stereocenters. The molecule has 5 rings (SSSR count). The minimum Gasteiger partial charge on any atom is -0.497 e. The zero-order valence-electron chi connectivity index (χ0n) is 18.1. The van der Waals surface area contributed by atoms with Gasteiger partial charge >= 0.3 is 0 Å². The minimum absolute atomic E-state index is 0.159. The zero-order chi connectivity index (χ0) is 22.9. The molecule has 5 aromatic rings. The molecule has 0 fully saturated rings. The van der Waals surface area contributed by atoms with Crippen LogP contribution in [0.25, 0.3) is 16.7 Å². The Kier molecular flexibility index (Phi) is 5.40. The minimum atomic E-state index is -0.159. The van der Waals surface area contributed by atoms with Crippen molar-refractivity contribution in [1.82, 2.24) is 24.3 Å². The molecular formula is C25H20ClN5O2. The quantitative estimate of drug-likeness (QED) is 0.340. The van der Waals surface area contributed by atoms with Crippen LogP contribution in [0.3, 0.4) is 0 Å². The van der Waals surface area contributed by atoms with E-state index in [1.807, 2.05) is 49.4 Å². The molecule has 2 aromatic carbocycles. The topological polar surface area (TPSA) is 74.8 Å². The average molecular weight is 458 g/mol. The molecule has 7 nitrogen and oxygen atoms in total. The molecule has 33 heavy (non-hydrogen) atoms. The van der Waals surface area contributed by atoms with Crippen LogP contribution in [-0.2, 0) is 6.54 Å². The number of carbonyl (C=O) groups is 1. The number of hydrogen-bond acceptors (Lipinski definition) is 5. The number of ketones is 1. The molecule has 0 saturated heterocycles. The molecule has 3 heterocycles. The van der Waals surface area contributed by atoms with Gasteiger partial charge < -0.3 is 9.30 Å². The van der Waals surface area contributed by atoms with Crippen LogP contribution in [0.15, 0.2) is 73.3 Å². The molecule has 0 saturated carbocycles. The van der Waals surface area contributed by atoms with Crippen LogP contribution >= 0.6 is 11.6 Å². The summed E-state index contributed by atoms with van der Waals surface area (Å²) in [6.07, 6.45) is 4.80. The van der Waals surface area contributed by atoms with Crippen molar-refractivity contribution in [3.8, 4) is 11.6 Å². The van der Waals surface area contributed by atoms with Gasteiger partial charge in [0.25, 0.3) is 0 Å². The van der Waals surface area contributed by atoms with Gasteiger partial charge in [0.05, 0.1) is 12.7 Å². The van der Waals surface area contributed by atoms with Gasteiger partial charge in [0.2, 0.25) is 5.78 Å². The summed E-state index contributed by atoms with van der Waals surface area (Å²) in [6.45, 7) is 2.56. The number of benzene rings is 2. The van der Waals surface area contributed by atoms with Crippen molar-refractivity contribution in [2.24, 2.45) is 0 Å². The third-order valence-corrected chi connectivity index (χ3v) is 5.89. The van der Waals surface area contributed by atoms with Gasteiger partial charge in [-0.3, -0.25) is 4.79 Å². The zero-order valence-corrected chi connectivity index (χ0v) is 18.8. The third kappa shape index (κ3) is 3.87. The van der Waals surface area contributed by atoms with E-state index in [0.29, 0.717) is 34.4 Å². The lowest BCUT2D eigenvalue weighted by atomic mass is 10.0. The summed E-state index contributed by atoms with van der Waals surface area (Å²) in [5.74, 6) is 1.12. The molecule has 0 unspecified atom stereocenters. The number of fused-ring (bicyclic) bond motifs is 1. The first kappa shape index (κ1) is 20.9. The van der Waals surface area contributed by atoms with Gasteiger partial charge in [-0.25, -0.2) is 14.6 Å². The maximum absolute atomic E-state index is 13.7. The lowest BCUT2D eigenvalue weighted by molar-refractivity contribution is 0.103. The van der Waals surface area contributed by atoms with Crippen LogP contribution in [-0.4, -0.2) is 37.2 Å². The van der Waals surface area contributed by atoms with E-state index in [4.69, 9.17) is 16.3 Å². The summed E-state index contributed by atoms with van der Waals surface area (Å²) in [4.78, 5) is 21.8. The van der Waals surface area contributed by atoms with Crippen molar-refractivity contribution in [1.29, 1.82) is 0 Å². The number of rotatable bonds is 6. The Labute approximate surface area is 195 Å². The van der Waals surface area contributed by atoms with E-state index >= 15 is 0 Å². The molecule has 0 bridgehead atoms. The van der Waals surface area contributed by atoms with Gasteiger partial charge in [0.1, 0.15) is 17.8 Å². The Hall–Kier alpha value is -3.97. The Morgan fingerprint density at radius 2 is 1.91 bits per heavy atom. The lowest BCUT2D eigenvalue weighted by Crippen LogP contribution is -2.08. The van der Waals surface area contributed by atoms with Crippen molar-refractivity contribution >= 4 is 28.3 Å². The monoisotopic (exact) mass is 457 g/mol. The highest BCUT2D eigenvalue weighted by atomic mass is 35.5. The van der Waals surface area contributed by atoms with Gasteiger partial charge in [-0.05, 0) is 48.9 Å². The van der Waals surface area contributed by atoms with Gasteiger partial charge in [-0.15, -0.1) is 0 Å². The van der Waals surface area contributed by atoms with Gasteiger partial charge in [-0.2, -0.15) is 5.10 Å². The smallest absolute Gasteiger partial charge is 0.215 e. The Morgan fingerprint density at radius 1 is 1.09 bits per heavy atom. The highest BCUT2D eigenvalue weighted by Crippen LogP contribution is 2.32. The first-order valence-corrected chi connectivity index (χ1v) is 10.7. The van der Waals surface area contributed by atoms with Gasteiger partial charge in [0.15, 0.2) is 5.82 Å². The second-order valence-electron chi connectivity index (χ2n) is 7.60. The van der Waals surface area contributed by atoms with Crippen LogP contribution in [0.1, 0.15) is 27.3 Å². The predicted octanol–water partition coefficient (Wildman–Crippen LogP) is 4.87. The second-order valence-corrected chi connectivity index (χ2v) is 8.03. The van der Waals surface area contributed by atoms with Gasteiger partial charge in [0, 0.05) is 46.6 Å². The van der Waals surface area contributed by atoms with Crippen molar-refractivity contribution in [3.63, 3.8) is 0 Å². The van der Waals surface area contributed by atoms with Crippen molar-refractivity contribution in [3.05, 3.63) is 101 Å². The van der Waals surface area contributed by atoms with Crippen LogP contribution in [0.4, 0.5) is 0 Å². The first-order chi connectivity index (χ1) is 16.0. The van der Waals surface area contributed by atoms with Crippen molar-refractivity contribution in [2.45, 2.75) is 13.5 Å². The number of halogens is 1. The Morgan fingerprint density at radius 3 is 2.64 bits per heavy atom. The van der Waals surface area contributed by atoms with Crippen molar-refractivity contribution < 1.29 is 9.53 Å². The number of aromatic nitrogens is 5. The fraction of sp³-hybridized carbons (Fsp3) is 0.120. The molecule has 0 aliphatic heterocycles. The van der Waals surface area contributed by atoms with Crippen LogP contribution in [0.5, 0.6) is 5.75 Å². The Bertz CT molecular complexity index is 1460. The third-order valence-electron chi connectivity index (χ3n) is 5.63. The average Bonchev–Trinajstić information content (AvgIpc) is 3.44. The van der Waals surface area contributed by atoms with Crippen molar-refractivity contribution in [2.75, 3.05) is 7.11 Å². The summed E-state index contributed by atoms with van der Waals surface area (Å²) in [6, 6.07) is 16.9. The molecule has 0 aliphatic carbocycles.